The maximum Gasteiger partial charge on any atom is 0.244 e. The van der Waals surface area contributed by atoms with Gasteiger partial charge in [-0.15, -0.1) is 0 Å². The van der Waals surface area contributed by atoms with Gasteiger partial charge in [-0.2, -0.15) is 0 Å². The van der Waals surface area contributed by atoms with Crippen molar-refractivity contribution in [1.29, 1.82) is 0 Å². The Bertz CT molecular complexity index is 654. The minimum absolute atomic E-state index is 0.112. The van der Waals surface area contributed by atoms with Crippen molar-refractivity contribution < 1.29 is 17.6 Å². The van der Waals surface area contributed by atoms with Crippen LogP contribution in [0.2, 0.25) is 0 Å². The van der Waals surface area contributed by atoms with Gasteiger partial charge in [0, 0.05) is 5.57 Å². The minimum atomic E-state index is -3.53. The number of halogens is 1. The van der Waals surface area contributed by atoms with Gasteiger partial charge in [0.15, 0.2) is 0 Å². The van der Waals surface area contributed by atoms with Crippen LogP contribution in [0, 0.1) is 5.82 Å². The Labute approximate surface area is 117 Å². The third-order valence-corrected chi connectivity index (χ3v) is 3.29. The SMILES string of the molecule is CC(=CC(C)c1ccc(NS(C)(=O)=O)c(F)c1)C(N)=O. The summed E-state index contributed by atoms with van der Waals surface area (Å²) in [6, 6.07) is 4.16. The molecule has 20 heavy (non-hydrogen) atoms. The number of anilines is 1. The summed E-state index contributed by atoms with van der Waals surface area (Å²) in [7, 11) is -3.53. The number of amides is 1. The van der Waals surface area contributed by atoms with Crippen LogP contribution in [-0.4, -0.2) is 20.6 Å². The van der Waals surface area contributed by atoms with Crippen LogP contribution in [0.3, 0.4) is 0 Å². The number of nitrogens with one attached hydrogen (secondary N) is 1. The smallest absolute Gasteiger partial charge is 0.244 e. The molecule has 5 nitrogen and oxygen atoms in total. The van der Waals surface area contributed by atoms with Crippen LogP contribution < -0.4 is 10.5 Å². The first-order chi connectivity index (χ1) is 9.10. The second kappa shape index (κ2) is 6.04. The summed E-state index contributed by atoms with van der Waals surface area (Å²) in [5.74, 6) is -1.43. The molecule has 1 aromatic rings. The fourth-order valence-electron chi connectivity index (χ4n) is 1.65. The largest absolute Gasteiger partial charge is 0.366 e. The quantitative estimate of drug-likeness (QED) is 0.812. The Morgan fingerprint density at radius 3 is 2.50 bits per heavy atom. The van der Waals surface area contributed by atoms with E-state index in [1.807, 2.05) is 0 Å². The monoisotopic (exact) mass is 300 g/mol. The summed E-state index contributed by atoms with van der Waals surface area (Å²) < 4.78 is 38.0. The summed E-state index contributed by atoms with van der Waals surface area (Å²) >= 11 is 0. The summed E-state index contributed by atoms with van der Waals surface area (Å²) in [6.07, 6.45) is 2.57. The summed E-state index contributed by atoms with van der Waals surface area (Å²) in [6.45, 7) is 3.36. The van der Waals surface area contributed by atoms with Gasteiger partial charge in [0.25, 0.3) is 0 Å². The zero-order chi connectivity index (χ0) is 15.5. The number of nitrogens with two attached hydrogens (primary N) is 1. The maximum absolute atomic E-state index is 13.8. The summed E-state index contributed by atoms with van der Waals surface area (Å²) in [5.41, 5.74) is 6.01. The number of rotatable bonds is 5. The molecular formula is C13H17FN2O3S. The van der Waals surface area contributed by atoms with E-state index in [1.165, 1.54) is 12.1 Å². The molecule has 0 aliphatic heterocycles. The van der Waals surface area contributed by atoms with Gasteiger partial charge in [-0.3, -0.25) is 9.52 Å². The topological polar surface area (TPSA) is 89.3 Å². The number of allylic oxidation sites excluding steroid dienone is 1. The molecule has 0 heterocycles. The predicted octanol–water partition coefficient (Wildman–Crippen LogP) is 1.73. The lowest BCUT2D eigenvalue weighted by molar-refractivity contribution is -0.114. The first-order valence-electron chi connectivity index (χ1n) is 5.85. The third-order valence-electron chi connectivity index (χ3n) is 2.70. The van der Waals surface area contributed by atoms with Crippen molar-refractivity contribution in [2.75, 3.05) is 11.0 Å². The zero-order valence-corrected chi connectivity index (χ0v) is 12.3. The van der Waals surface area contributed by atoms with Crippen LogP contribution in [0.25, 0.3) is 0 Å². The van der Waals surface area contributed by atoms with Gasteiger partial charge < -0.3 is 5.73 Å². The van der Waals surface area contributed by atoms with Gasteiger partial charge in [-0.1, -0.05) is 19.1 Å². The molecule has 1 amide bonds. The van der Waals surface area contributed by atoms with E-state index >= 15 is 0 Å². The van der Waals surface area contributed by atoms with Crippen LogP contribution in [0.15, 0.2) is 29.8 Å². The van der Waals surface area contributed by atoms with Crippen LogP contribution in [0.4, 0.5) is 10.1 Å². The number of hydrogen-bond acceptors (Lipinski definition) is 3. The van der Waals surface area contributed by atoms with Gasteiger partial charge in [-0.05, 0) is 30.5 Å². The summed E-state index contributed by atoms with van der Waals surface area (Å²) in [5, 5.41) is 0. The number of benzene rings is 1. The second-order valence-corrected chi connectivity index (χ2v) is 6.36. The molecule has 3 N–H and O–H groups in total. The molecule has 1 atom stereocenters. The highest BCUT2D eigenvalue weighted by Crippen LogP contribution is 2.23. The molecule has 0 fully saturated rings. The lowest BCUT2D eigenvalue weighted by atomic mass is 9.98. The Hall–Kier alpha value is -1.89. The number of hydrogen-bond donors (Lipinski definition) is 2. The molecule has 0 aromatic heterocycles. The average Bonchev–Trinajstić information content (AvgIpc) is 2.29. The van der Waals surface area contributed by atoms with Crippen molar-refractivity contribution in [1.82, 2.24) is 0 Å². The standard InChI is InChI=1S/C13H17FN2O3S/c1-8(6-9(2)13(15)17)10-4-5-12(11(14)7-10)16-20(3,18)19/h4-8,16H,1-3H3,(H2,15,17). The van der Waals surface area contributed by atoms with Crippen molar-refractivity contribution in [2.24, 2.45) is 5.73 Å². The molecule has 0 aliphatic rings. The van der Waals surface area contributed by atoms with Gasteiger partial charge in [0.2, 0.25) is 15.9 Å². The van der Waals surface area contributed by atoms with Crippen molar-refractivity contribution in [3.63, 3.8) is 0 Å². The molecule has 0 saturated heterocycles. The van der Waals surface area contributed by atoms with Gasteiger partial charge >= 0.3 is 0 Å². The van der Waals surface area contributed by atoms with Gasteiger partial charge in [0.1, 0.15) is 5.82 Å². The molecule has 0 spiro atoms. The molecule has 0 aliphatic carbocycles. The van der Waals surface area contributed by atoms with E-state index in [0.29, 0.717) is 11.1 Å². The maximum atomic E-state index is 13.8. The lowest BCUT2D eigenvalue weighted by Crippen LogP contribution is -2.12. The predicted molar refractivity (Wildman–Crippen MR) is 76.2 cm³/mol. The van der Waals surface area contributed by atoms with E-state index in [-0.39, 0.29) is 11.6 Å². The molecule has 110 valence electrons. The van der Waals surface area contributed by atoms with Crippen molar-refractivity contribution >= 4 is 21.6 Å². The molecule has 7 heteroatoms. The number of sulfonamides is 1. The second-order valence-electron chi connectivity index (χ2n) is 4.62. The van der Waals surface area contributed by atoms with E-state index in [9.17, 15) is 17.6 Å². The van der Waals surface area contributed by atoms with Crippen molar-refractivity contribution in [3.8, 4) is 0 Å². The normalized spacial score (nSPS) is 13.9. The highest BCUT2D eigenvalue weighted by atomic mass is 32.2. The first kappa shape index (κ1) is 16.2. The molecular weight excluding hydrogens is 283 g/mol. The molecule has 0 bridgehead atoms. The lowest BCUT2D eigenvalue weighted by Gasteiger charge is -2.11. The number of primary amides is 1. The number of carbonyl (C=O) groups is 1. The first-order valence-corrected chi connectivity index (χ1v) is 7.74. The van der Waals surface area contributed by atoms with Crippen LogP contribution in [0.5, 0.6) is 0 Å². The van der Waals surface area contributed by atoms with E-state index in [0.717, 1.165) is 6.26 Å². The van der Waals surface area contributed by atoms with Crippen LogP contribution >= 0.6 is 0 Å². The van der Waals surface area contributed by atoms with Gasteiger partial charge in [-0.25, -0.2) is 12.8 Å². The third kappa shape index (κ3) is 4.65. The highest BCUT2D eigenvalue weighted by Gasteiger charge is 2.11. The minimum Gasteiger partial charge on any atom is -0.366 e. The Morgan fingerprint density at radius 1 is 1.45 bits per heavy atom. The summed E-state index contributed by atoms with van der Waals surface area (Å²) in [4.78, 5) is 10.9. The van der Waals surface area contributed by atoms with E-state index in [2.05, 4.69) is 4.72 Å². The van der Waals surface area contributed by atoms with Crippen molar-refractivity contribution in [3.05, 3.63) is 41.2 Å². The van der Waals surface area contributed by atoms with Crippen LogP contribution in [0.1, 0.15) is 25.3 Å². The molecule has 1 rings (SSSR count). The van der Waals surface area contributed by atoms with Crippen molar-refractivity contribution in [2.45, 2.75) is 19.8 Å². The fraction of sp³-hybridized carbons (Fsp3) is 0.308. The average molecular weight is 300 g/mol. The van der Waals surface area contributed by atoms with E-state index in [1.54, 1.807) is 26.0 Å². The number of carbonyl (C=O) groups excluding carboxylic acids is 1. The molecule has 1 unspecified atom stereocenters. The van der Waals surface area contributed by atoms with E-state index < -0.39 is 21.7 Å². The highest BCUT2D eigenvalue weighted by molar-refractivity contribution is 7.92. The zero-order valence-electron chi connectivity index (χ0n) is 11.5. The Morgan fingerprint density at radius 2 is 2.05 bits per heavy atom. The molecule has 0 saturated carbocycles. The Balaban J connectivity index is 3.03. The fourth-order valence-corrected chi connectivity index (χ4v) is 2.22. The van der Waals surface area contributed by atoms with Crippen LogP contribution in [-0.2, 0) is 14.8 Å². The molecule has 1 aromatic carbocycles. The van der Waals surface area contributed by atoms with E-state index in [4.69, 9.17) is 5.73 Å². The molecule has 0 radical (unpaired) electrons. The Kier molecular flexibility index (Phi) is 4.88. The van der Waals surface area contributed by atoms with Gasteiger partial charge in [0.05, 0.1) is 11.9 Å².